The molecule has 2 heteroatoms. The molecule has 0 saturated carbocycles. The standard InChI is InChI=1S/C14H24N2/c1-3-7-12(8-4-2)13-11-15-14-9-5-6-10-16(13)14/h11-12H,3-10H2,1-2H3. The molecular weight excluding hydrogens is 196 g/mol. The van der Waals surface area contributed by atoms with Gasteiger partial charge in [-0.1, -0.05) is 26.7 Å². The van der Waals surface area contributed by atoms with Crippen molar-refractivity contribution in [3.8, 4) is 0 Å². The van der Waals surface area contributed by atoms with Crippen molar-refractivity contribution >= 4 is 0 Å². The monoisotopic (exact) mass is 220 g/mol. The molecule has 0 amide bonds. The van der Waals surface area contributed by atoms with Gasteiger partial charge in [0.25, 0.3) is 0 Å². The van der Waals surface area contributed by atoms with Crippen LogP contribution in [0, 0.1) is 0 Å². The number of imidazole rings is 1. The van der Waals surface area contributed by atoms with Crippen LogP contribution in [0.15, 0.2) is 6.20 Å². The molecule has 2 heterocycles. The Morgan fingerprint density at radius 1 is 1.25 bits per heavy atom. The maximum atomic E-state index is 4.61. The number of aromatic nitrogens is 2. The van der Waals surface area contributed by atoms with Gasteiger partial charge in [-0.05, 0) is 25.7 Å². The zero-order valence-corrected chi connectivity index (χ0v) is 10.7. The quantitative estimate of drug-likeness (QED) is 0.735. The average molecular weight is 220 g/mol. The van der Waals surface area contributed by atoms with Crippen LogP contribution in [0.3, 0.4) is 0 Å². The highest BCUT2D eigenvalue weighted by atomic mass is 15.1. The predicted molar refractivity (Wildman–Crippen MR) is 67.7 cm³/mol. The number of nitrogens with zero attached hydrogens (tertiary/aromatic N) is 2. The first kappa shape index (κ1) is 11.7. The highest BCUT2D eigenvalue weighted by molar-refractivity contribution is 5.12. The first-order valence-electron chi connectivity index (χ1n) is 6.91. The fourth-order valence-electron chi connectivity index (χ4n) is 2.90. The van der Waals surface area contributed by atoms with Gasteiger partial charge < -0.3 is 4.57 Å². The Labute approximate surface area is 99.1 Å². The summed E-state index contributed by atoms with van der Waals surface area (Å²) in [5.74, 6) is 2.08. The number of hydrogen-bond donors (Lipinski definition) is 0. The van der Waals surface area contributed by atoms with E-state index < -0.39 is 0 Å². The predicted octanol–water partition coefficient (Wildman–Crippen LogP) is 3.90. The maximum Gasteiger partial charge on any atom is 0.108 e. The van der Waals surface area contributed by atoms with Crippen LogP contribution in [0.1, 0.15) is 69.8 Å². The molecule has 0 radical (unpaired) electrons. The van der Waals surface area contributed by atoms with E-state index in [2.05, 4.69) is 29.6 Å². The van der Waals surface area contributed by atoms with Gasteiger partial charge in [0.15, 0.2) is 0 Å². The molecule has 16 heavy (non-hydrogen) atoms. The van der Waals surface area contributed by atoms with E-state index in [0.29, 0.717) is 0 Å². The molecule has 2 rings (SSSR count). The molecule has 0 bridgehead atoms. The van der Waals surface area contributed by atoms with E-state index in [9.17, 15) is 0 Å². The van der Waals surface area contributed by atoms with E-state index in [-0.39, 0.29) is 0 Å². The van der Waals surface area contributed by atoms with Crippen LogP contribution in [-0.4, -0.2) is 9.55 Å². The van der Waals surface area contributed by atoms with Crippen LogP contribution in [0.2, 0.25) is 0 Å². The van der Waals surface area contributed by atoms with Gasteiger partial charge in [-0.2, -0.15) is 0 Å². The lowest BCUT2D eigenvalue weighted by atomic mass is 9.95. The van der Waals surface area contributed by atoms with Gasteiger partial charge >= 0.3 is 0 Å². The second kappa shape index (κ2) is 5.51. The molecule has 90 valence electrons. The number of fused-ring (bicyclic) bond motifs is 1. The molecule has 0 aromatic carbocycles. The minimum absolute atomic E-state index is 0.745. The highest BCUT2D eigenvalue weighted by Crippen LogP contribution is 2.29. The summed E-state index contributed by atoms with van der Waals surface area (Å²) in [6, 6.07) is 0. The Hall–Kier alpha value is -0.790. The molecule has 0 fully saturated rings. The van der Waals surface area contributed by atoms with E-state index in [0.717, 1.165) is 5.92 Å². The molecule has 1 aromatic heterocycles. The summed E-state index contributed by atoms with van der Waals surface area (Å²) in [7, 11) is 0. The van der Waals surface area contributed by atoms with Crippen LogP contribution in [0.25, 0.3) is 0 Å². The van der Waals surface area contributed by atoms with Crippen LogP contribution < -0.4 is 0 Å². The van der Waals surface area contributed by atoms with E-state index in [1.807, 2.05) is 0 Å². The lowest BCUT2D eigenvalue weighted by Crippen LogP contribution is -2.15. The largest absolute Gasteiger partial charge is 0.332 e. The maximum absolute atomic E-state index is 4.61. The van der Waals surface area contributed by atoms with Gasteiger partial charge in [0.1, 0.15) is 5.82 Å². The van der Waals surface area contributed by atoms with Crippen LogP contribution >= 0.6 is 0 Å². The Balaban J connectivity index is 2.19. The first-order chi connectivity index (χ1) is 7.86. The minimum atomic E-state index is 0.745. The number of rotatable bonds is 5. The summed E-state index contributed by atoms with van der Waals surface area (Å²) < 4.78 is 2.50. The summed E-state index contributed by atoms with van der Waals surface area (Å²) >= 11 is 0. The van der Waals surface area contributed by atoms with Crippen LogP contribution in [0.5, 0.6) is 0 Å². The molecule has 0 saturated heterocycles. The average Bonchev–Trinajstić information content (AvgIpc) is 2.72. The van der Waals surface area contributed by atoms with Gasteiger partial charge in [-0.25, -0.2) is 4.98 Å². The number of hydrogen-bond acceptors (Lipinski definition) is 1. The molecule has 1 aliphatic heterocycles. The fourth-order valence-corrected chi connectivity index (χ4v) is 2.90. The van der Waals surface area contributed by atoms with Crippen molar-refractivity contribution < 1.29 is 0 Å². The lowest BCUT2D eigenvalue weighted by molar-refractivity contribution is 0.466. The molecule has 1 aromatic rings. The van der Waals surface area contributed by atoms with E-state index in [4.69, 9.17) is 0 Å². The fraction of sp³-hybridized carbons (Fsp3) is 0.786. The third-order valence-corrected chi connectivity index (χ3v) is 3.69. The summed E-state index contributed by atoms with van der Waals surface area (Å²) in [4.78, 5) is 4.61. The van der Waals surface area contributed by atoms with E-state index >= 15 is 0 Å². The molecule has 0 atom stereocenters. The third-order valence-electron chi connectivity index (χ3n) is 3.69. The number of aryl methyl sites for hydroxylation is 1. The molecule has 0 unspecified atom stereocenters. The summed E-state index contributed by atoms with van der Waals surface area (Å²) in [6.45, 7) is 5.78. The van der Waals surface area contributed by atoms with Crippen LogP contribution in [-0.2, 0) is 13.0 Å². The van der Waals surface area contributed by atoms with Gasteiger partial charge in [-0.3, -0.25) is 0 Å². The van der Waals surface area contributed by atoms with Gasteiger partial charge in [0.2, 0.25) is 0 Å². The van der Waals surface area contributed by atoms with Crippen LogP contribution in [0.4, 0.5) is 0 Å². The molecule has 0 aliphatic carbocycles. The second-order valence-corrected chi connectivity index (χ2v) is 4.98. The third kappa shape index (κ3) is 2.31. The van der Waals surface area contributed by atoms with Crippen molar-refractivity contribution in [2.24, 2.45) is 0 Å². The van der Waals surface area contributed by atoms with E-state index in [1.54, 1.807) is 0 Å². The Morgan fingerprint density at radius 3 is 2.69 bits per heavy atom. The molecule has 2 nitrogen and oxygen atoms in total. The Bertz CT molecular complexity index is 321. The summed E-state index contributed by atoms with van der Waals surface area (Å²) in [5, 5.41) is 0. The zero-order valence-electron chi connectivity index (χ0n) is 10.7. The SMILES string of the molecule is CCCC(CCC)c1cnc2n1CCCC2. The summed E-state index contributed by atoms with van der Waals surface area (Å²) in [6.07, 6.45) is 11.2. The van der Waals surface area contributed by atoms with Gasteiger partial charge in [0.05, 0.1) is 0 Å². The van der Waals surface area contributed by atoms with Crippen molar-refractivity contribution in [1.29, 1.82) is 0 Å². The topological polar surface area (TPSA) is 17.8 Å². The summed E-state index contributed by atoms with van der Waals surface area (Å²) in [5.41, 5.74) is 1.51. The van der Waals surface area contributed by atoms with Crippen molar-refractivity contribution in [3.63, 3.8) is 0 Å². The second-order valence-electron chi connectivity index (χ2n) is 4.98. The van der Waals surface area contributed by atoms with Crippen molar-refractivity contribution in [3.05, 3.63) is 17.7 Å². The highest BCUT2D eigenvalue weighted by Gasteiger charge is 2.19. The lowest BCUT2D eigenvalue weighted by Gasteiger charge is -2.21. The molecule has 0 spiro atoms. The minimum Gasteiger partial charge on any atom is -0.332 e. The first-order valence-corrected chi connectivity index (χ1v) is 6.91. The van der Waals surface area contributed by atoms with Crippen molar-refractivity contribution in [1.82, 2.24) is 9.55 Å². The smallest absolute Gasteiger partial charge is 0.108 e. The normalized spacial score (nSPS) is 15.4. The molecule has 1 aliphatic rings. The molecular formula is C14H24N2. The Kier molecular flexibility index (Phi) is 4.03. The zero-order chi connectivity index (χ0) is 11.4. The van der Waals surface area contributed by atoms with Crippen molar-refractivity contribution in [2.45, 2.75) is 71.3 Å². The van der Waals surface area contributed by atoms with Crippen molar-refractivity contribution in [2.75, 3.05) is 0 Å². The molecule has 0 N–H and O–H groups in total. The van der Waals surface area contributed by atoms with Gasteiger partial charge in [0, 0.05) is 30.8 Å². The Morgan fingerprint density at radius 2 is 2.00 bits per heavy atom. The van der Waals surface area contributed by atoms with Gasteiger partial charge in [-0.15, -0.1) is 0 Å². The van der Waals surface area contributed by atoms with E-state index in [1.165, 1.54) is 63.0 Å².